The minimum atomic E-state index is -4.40. The highest BCUT2D eigenvalue weighted by Gasteiger charge is 2.64. The van der Waals surface area contributed by atoms with Gasteiger partial charge in [-0.2, -0.15) is 0 Å². The summed E-state index contributed by atoms with van der Waals surface area (Å²) < 4.78 is 58.0. The quantitative estimate of drug-likeness (QED) is 0.290. The molecule has 0 bridgehead atoms. The van der Waals surface area contributed by atoms with E-state index in [1.807, 2.05) is 16.9 Å². The normalized spacial score (nSPS) is 31.2. The van der Waals surface area contributed by atoms with Crippen molar-refractivity contribution in [2.45, 2.75) is 93.1 Å². The SMILES string of the molecule is COc1cnc(O[C@@H]2C[C@H]3C(=O)NC4(C(=O)NS(=O)(=O)C5(CF)CC5)CC4/C=C\CC[C@@H](C)O[C@@H](C)[C@H](NC(=O)O)C(=O)N3C2)c2ccccc12. The Bertz CT molecular complexity index is 1860. The third-order valence-corrected chi connectivity index (χ3v) is 12.4. The van der Waals surface area contributed by atoms with Crippen LogP contribution < -0.4 is 24.8 Å². The van der Waals surface area contributed by atoms with Gasteiger partial charge in [-0.3, -0.25) is 19.1 Å². The second-order valence-corrected chi connectivity index (χ2v) is 15.8. The molecular formula is C34H42FN5O10S. The Hall–Kier alpha value is -4.51. The standard InChI is InChI=1S/C34H42FN5O10S/c1-19-8-4-5-9-21-15-34(21,31(43)39-51(46,47)33(18-35)12-13-33)38-28(41)25-14-22(17-40(25)30(42)27(20(2)49-19)37-32(44)45)50-29-24-11-7-6-10-23(24)26(48-3)16-36-29/h5-7,9-11,16,19-22,25,27,37H,4,8,12-15,17-18H2,1-3H3,(H,38,41)(H,39,43)(H,44,45)/b9-5-/t19-,20+,21?,22-,25+,27+,34?/m1/s1. The van der Waals surface area contributed by atoms with Crippen molar-refractivity contribution in [3.8, 4) is 11.6 Å². The summed E-state index contributed by atoms with van der Waals surface area (Å²) in [4.78, 5) is 59.7. The van der Waals surface area contributed by atoms with E-state index in [-0.39, 0.29) is 38.1 Å². The Balaban J connectivity index is 1.34. The van der Waals surface area contributed by atoms with Gasteiger partial charge in [-0.15, -0.1) is 0 Å². The Morgan fingerprint density at radius 3 is 2.59 bits per heavy atom. The van der Waals surface area contributed by atoms with Crippen molar-refractivity contribution in [1.29, 1.82) is 0 Å². The second kappa shape index (κ2) is 13.9. The fourth-order valence-corrected chi connectivity index (χ4v) is 8.37. The maximum Gasteiger partial charge on any atom is 0.405 e. The zero-order chi connectivity index (χ0) is 36.7. The highest BCUT2D eigenvalue weighted by molar-refractivity contribution is 7.91. The first kappa shape index (κ1) is 36.3. The van der Waals surface area contributed by atoms with Crippen LogP contribution in [0, 0.1) is 5.92 Å². The van der Waals surface area contributed by atoms with Crippen molar-refractivity contribution in [2.24, 2.45) is 5.92 Å². The molecule has 4 amide bonds. The predicted octanol–water partition coefficient (Wildman–Crippen LogP) is 2.19. The zero-order valence-corrected chi connectivity index (χ0v) is 29.3. The average Bonchev–Trinajstić information content (AvgIpc) is 4.00. The van der Waals surface area contributed by atoms with E-state index in [1.54, 1.807) is 38.1 Å². The van der Waals surface area contributed by atoms with Crippen LogP contribution >= 0.6 is 0 Å². The number of fused-ring (bicyclic) bond motifs is 3. The number of alkyl halides is 1. The maximum absolute atomic E-state index is 14.2. The van der Waals surface area contributed by atoms with Crippen LogP contribution in [0.15, 0.2) is 42.6 Å². The van der Waals surface area contributed by atoms with E-state index >= 15 is 0 Å². The Labute approximate surface area is 294 Å². The first-order valence-electron chi connectivity index (χ1n) is 16.9. The maximum atomic E-state index is 14.2. The molecule has 7 atom stereocenters. The molecule has 0 radical (unpaired) electrons. The smallest absolute Gasteiger partial charge is 0.405 e. The van der Waals surface area contributed by atoms with Crippen molar-refractivity contribution in [3.05, 3.63) is 42.6 Å². The molecule has 276 valence electrons. The summed E-state index contributed by atoms with van der Waals surface area (Å²) in [6.45, 7) is 2.04. The van der Waals surface area contributed by atoms with E-state index < -0.39 is 87.1 Å². The number of ether oxygens (including phenoxy) is 3. The van der Waals surface area contributed by atoms with Crippen LogP contribution in [0.3, 0.4) is 0 Å². The summed E-state index contributed by atoms with van der Waals surface area (Å²) in [6, 6.07) is 4.54. The van der Waals surface area contributed by atoms with Gasteiger partial charge in [0.2, 0.25) is 27.7 Å². The molecule has 1 aromatic carbocycles. The summed E-state index contributed by atoms with van der Waals surface area (Å²) in [6.07, 6.45) is 2.46. The number of benzene rings is 1. The van der Waals surface area contributed by atoms with Crippen LogP contribution in [-0.4, -0.2) is 108 Å². The first-order chi connectivity index (χ1) is 24.2. The lowest BCUT2D eigenvalue weighted by Gasteiger charge is -2.32. The highest BCUT2D eigenvalue weighted by atomic mass is 32.2. The summed E-state index contributed by atoms with van der Waals surface area (Å²) in [7, 11) is -2.89. The number of hydrogen-bond donors (Lipinski definition) is 4. The molecule has 3 heterocycles. The Kier molecular flexibility index (Phi) is 9.89. The number of allylic oxidation sites excluding steroid dienone is 1. The number of aromatic nitrogens is 1. The zero-order valence-electron chi connectivity index (χ0n) is 28.5. The predicted molar refractivity (Wildman–Crippen MR) is 180 cm³/mol. The fraction of sp³-hybridized carbons (Fsp3) is 0.559. The molecule has 1 saturated heterocycles. The van der Waals surface area contributed by atoms with Gasteiger partial charge in [-0.1, -0.05) is 30.4 Å². The topological polar surface area (TPSA) is 203 Å². The van der Waals surface area contributed by atoms with Crippen LogP contribution in [0.2, 0.25) is 0 Å². The number of methoxy groups -OCH3 is 1. The van der Waals surface area contributed by atoms with Gasteiger partial charge in [0.05, 0.1) is 32.1 Å². The van der Waals surface area contributed by atoms with Crippen LogP contribution in [0.1, 0.15) is 52.4 Å². The lowest BCUT2D eigenvalue weighted by molar-refractivity contribution is -0.144. The number of carboxylic acid groups (broad SMARTS) is 1. The van der Waals surface area contributed by atoms with Crippen molar-refractivity contribution < 1.29 is 51.3 Å². The minimum absolute atomic E-state index is 0.0633. The molecule has 2 saturated carbocycles. The largest absolute Gasteiger partial charge is 0.494 e. The van der Waals surface area contributed by atoms with Gasteiger partial charge in [0, 0.05) is 23.1 Å². The van der Waals surface area contributed by atoms with Gasteiger partial charge in [0.25, 0.3) is 5.91 Å². The van der Waals surface area contributed by atoms with E-state index in [9.17, 15) is 37.1 Å². The van der Waals surface area contributed by atoms with Crippen molar-refractivity contribution in [1.82, 2.24) is 25.2 Å². The van der Waals surface area contributed by atoms with E-state index in [1.165, 1.54) is 18.2 Å². The molecule has 17 heteroatoms. The molecule has 4 aliphatic rings. The number of nitrogens with zero attached hydrogens (tertiary/aromatic N) is 2. The van der Waals surface area contributed by atoms with E-state index in [4.69, 9.17) is 14.2 Å². The fourth-order valence-electron chi connectivity index (χ4n) is 6.95. The molecule has 2 aromatic rings. The number of nitrogens with one attached hydrogen (secondary N) is 3. The van der Waals surface area contributed by atoms with Gasteiger partial charge in [-0.05, 0) is 52.0 Å². The lowest BCUT2D eigenvalue weighted by atomic mass is 10.1. The number of rotatable bonds is 8. The number of pyridine rings is 1. The third kappa shape index (κ3) is 7.05. The molecule has 2 aliphatic carbocycles. The number of carbonyl (C=O) groups excluding carboxylic acids is 3. The number of sulfonamides is 1. The molecule has 2 aliphatic heterocycles. The summed E-state index contributed by atoms with van der Waals surface area (Å²) in [5.74, 6) is -2.39. The molecule has 6 rings (SSSR count). The second-order valence-electron chi connectivity index (χ2n) is 13.8. The highest BCUT2D eigenvalue weighted by Crippen LogP contribution is 2.48. The van der Waals surface area contributed by atoms with Crippen LogP contribution in [0.25, 0.3) is 10.8 Å². The first-order valence-corrected chi connectivity index (χ1v) is 18.4. The van der Waals surface area contributed by atoms with Gasteiger partial charge in [-0.25, -0.2) is 22.6 Å². The monoisotopic (exact) mass is 731 g/mol. The third-order valence-electron chi connectivity index (χ3n) is 10.3. The molecule has 3 fully saturated rings. The molecule has 51 heavy (non-hydrogen) atoms. The molecule has 0 spiro atoms. The van der Waals surface area contributed by atoms with E-state index in [0.29, 0.717) is 29.4 Å². The Morgan fingerprint density at radius 2 is 1.92 bits per heavy atom. The van der Waals surface area contributed by atoms with Crippen LogP contribution in [0.4, 0.5) is 9.18 Å². The van der Waals surface area contributed by atoms with Crippen LogP contribution in [-0.2, 0) is 29.1 Å². The summed E-state index contributed by atoms with van der Waals surface area (Å²) in [5.41, 5.74) is -1.69. The number of hydrogen-bond acceptors (Lipinski definition) is 10. The lowest BCUT2D eigenvalue weighted by Crippen LogP contribution is -2.60. The summed E-state index contributed by atoms with van der Waals surface area (Å²) >= 11 is 0. The number of halogens is 1. The molecule has 15 nitrogen and oxygen atoms in total. The summed E-state index contributed by atoms with van der Waals surface area (Å²) in [5, 5.41) is 16.0. The molecule has 2 unspecified atom stereocenters. The van der Waals surface area contributed by atoms with Crippen molar-refractivity contribution in [2.75, 3.05) is 20.3 Å². The van der Waals surface area contributed by atoms with Gasteiger partial charge < -0.3 is 34.9 Å². The molecule has 1 aromatic heterocycles. The Morgan fingerprint density at radius 1 is 1.20 bits per heavy atom. The van der Waals surface area contributed by atoms with Gasteiger partial charge in [0.15, 0.2) is 0 Å². The minimum Gasteiger partial charge on any atom is -0.494 e. The van der Waals surface area contributed by atoms with Gasteiger partial charge in [0.1, 0.15) is 40.9 Å². The van der Waals surface area contributed by atoms with Gasteiger partial charge >= 0.3 is 6.09 Å². The molecular weight excluding hydrogens is 689 g/mol. The molecule has 4 N–H and O–H groups in total. The average molecular weight is 732 g/mol. The van der Waals surface area contributed by atoms with E-state index in [0.717, 1.165) is 0 Å². The van der Waals surface area contributed by atoms with Crippen LogP contribution in [0.5, 0.6) is 11.6 Å². The van der Waals surface area contributed by atoms with E-state index in [2.05, 4.69) is 15.6 Å². The van der Waals surface area contributed by atoms with Crippen molar-refractivity contribution in [3.63, 3.8) is 0 Å². The number of amides is 4. The number of carbonyl (C=O) groups is 4. The van der Waals surface area contributed by atoms with Crippen molar-refractivity contribution >= 4 is 44.6 Å².